The van der Waals surface area contributed by atoms with E-state index < -0.39 is 6.04 Å². The summed E-state index contributed by atoms with van der Waals surface area (Å²) in [5.74, 6) is 1.02. The number of rotatable bonds is 4. The van der Waals surface area contributed by atoms with Crippen LogP contribution in [-0.4, -0.2) is 47.8 Å². The fourth-order valence-electron chi connectivity index (χ4n) is 1.91. The zero-order chi connectivity index (χ0) is 14.5. The van der Waals surface area contributed by atoms with Crippen molar-refractivity contribution in [3.8, 4) is 0 Å². The highest BCUT2D eigenvalue weighted by Crippen LogP contribution is 2.13. The number of hydrogen-bond acceptors (Lipinski definition) is 4. The van der Waals surface area contributed by atoms with E-state index in [4.69, 9.17) is 0 Å². The summed E-state index contributed by atoms with van der Waals surface area (Å²) in [7, 11) is 3.42. The molecule has 106 valence electrons. The standard InChI is InChI=1S/C14H17N3O2S/c1-17(2)13(18)11(8-10-6-4-3-5-7-10)15-12-9-20-14(19)16-12/h3-7,11H,8-9H2,1-2H3,(H,15,16,19)/t11-/m0/s1. The molecule has 0 unspecified atom stereocenters. The van der Waals surface area contributed by atoms with Crippen molar-refractivity contribution in [1.82, 2.24) is 10.2 Å². The second-order valence-electron chi connectivity index (χ2n) is 4.72. The largest absolute Gasteiger partial charge is 0.347 e. The first-order chi connectivity index (χ1) is 9.56. The first kappa shape index (κ1) is 14.6. The summed E-state index contributed by atoms with van der Waals surface area (Å²) in [5, 5.41) is 2.56. The Morgan fingerprint density at radius 3 is 2.65 bits per heavy atom. The molecule has 1 N–H and O–H groups in total. The van der Waals surface area contributed by atoms with Gasteiger partial charge in [0.05, 0.1) is 5.75 Å². The van der Waals surface area contributed by atoms with Crippen molar-refractivity contribution in [2.24, 2.45) is 4.99 Å². The van der Waals surface area contributed by atoms with E-state index >= 15 is 0 Å². The predicted molar refractivity (Wildman–Crippen MR) is 81.1 cm³/mol. The Labute approximate surface area is 122 Å². The molecule has 1 aromatic carbocycles. The topological polar surface area (TPSA) is 61.8 Å². The predicted octanol–water partition coefficient (Wildman–Crippen LogP) is 1.54. The van der Waals surface area contributed by atoms with Crippen LogP contribution in [0.5, 0.6) is 0 Å². The Hall–Kier alpha value is -1.82. The van der Waals surface area contributed by atoms with Crippen LogP contribution in [0, 0.1) is 0 Å². The van der Waals surface area contributed by atoms with E-state index in [1.165, 1.54) is 16.7 Å². The van der Waals surface area contributed by atoms with Gasteiger partial charge < -0.3 is 10.2 Å². The molecule has 1 heterocycles. The maximum absolute atomic E-state index is 12.2. The van der Waals surface area contributed by atoms with E-state index in [2.05, 4.69) is 10.3 Å². The highest BCUT2D eigenvalue weighted by molar-refractivity contribution is 8.14. The summed E-state index contributed by atoms with van der Waals surface area (Å²) in [6.07, 6.45) is 0.530. The third-order valence-corrected chi connectivity index (χ3v) is 3.68. The minimum atomic E-state index is -0.499. The summed E-state index contributed by atoms with van der Waals surface area (Å²) in [6, 6.07) is 9.25. The highest BCUT2D eigenvalue weighted by Gasteiger charge is 2.23. The lowest BCUT2D eigenvalue weighted by Gasteiger charge is -2.18. The molecule has 1 fully saturated rings. The molecule has 1 aliphatic rings. The van der Waals surface area contributed by atoms with E-state index in [-0.39, 0.29) is 11.1 Å². The van der Waals surface area contributed by atoms with Crippen LogP contribution in [0.15, 0.2) is 35.3 Å². The molecule has 1 aliphatic heterocycles. The van der Waals surface area contributed by atoms with Crippen molar-refractivity contribution in [2.75, 3.05) is 19.8 Å². The third-order valence-electron chi connectivity index (χ3n) is 2.90. The quantitative estimate of drug-likeness (QED) is 0.915. The van der Waals surface area contributed by atoms with Crippen molar-refractivity contribution in [2.45, 2.75) is 12.5 Å². The number of carbonyl (C=O) groups excluding carboxylic acids is 2. The van der Waals surface area contributed by atoms with Gasteiger partial charge in [0.15, 0.2) is 0 Å². The van der Waals surface area contributed by atoms with E-state index in [1.807, 2.05) is 30.3 Å². The summed E-state index contributed by atoms with van der Waals surface area (Å²) in [6.45, 7) is 0. The molecule has 2 amide bonds. The molecule has 0 aliphatic carbocycles. The number of amidine groups is 1. The second kappa shape index (κ2) is 6.56. The summed E-state index contributed by atoms with van der Waals surface area (Å²) in [4.78, 5) is 29.3. The minimum Gasteiger partial charge on any atom is -0.347 e. The number of benzene rings is 1. The molecule has 1 atom stereocenters. The van der Waals surface area contributed by atoms with Gasteiger partial charge in [-0.15, -0.1) is 0 Å². The summed E-state index contributed by atoms with van der Waals surface area (Å²) >= 11 is 1.17. The van der Waals surface area contributed by atoms with Crippen molar-refractivity contribution in [1.29, 1.82) is 0 Å². The smallest absolute Gasteiger partial charge is 0.284 e. The molecule has 0 saturated carbocycles. The van der Waals surface area contributed by atoms with Gasteiger partial charge in [-0.25, -0.2) is 0 Å². The van der Waals surface area contributed by atoms with Gasteiger partial charge in [0, 0.05) is 20.5 Å². The van der Waals surface area contributed by atoms with Gasteiger partial charge in [0.25, 0.3) is 5.24 Å². The van der Waals surface area contributed by atoms with Crippen LogP contribution in [-0.2, 0) is 11.2 Å². The van der Waals surface area contributed by atoms with Crippen LogP contribution in [0.3, 0.4) is 0 Å². The maximum Gasteiger partial charge on any atom is 0.284 e. The Morgan fingerprint density at radius 1 is 1.40 bits per heavy atom. The molecule has 20 heavy (non-hydrogen) atoms. The number of nitrogens with zero attached hydrogens (tertiary/aromatic N) is 2. The average Bonchev–Trinajstić information content (AvgIpc) is 2.83. The SMILES string of the molecule is CN(C)C(=O)[C@H](Cc1ccccc1)N=C1CSC(=O)N1. The van der Waals surface area contributed by atoms with E-state index in [0.717, 1.165) is 5.56 Å². The molecule has 0 aromatic heterocycles. The van der Waals surface area contributed by atoms with Crippen molar-refractivity contribution < 1.29 is 9.59 Å². The normalized spacial score (nSPS) is 17.9. The summed E-state index contributed by atoms with van der Waals surface area (Å²) < 4.78 is 0. The lowest BCUT2D eigenvalue weighted by atomic mass is 10.1. The average molecular weight is 291 g/mol. The van der Waals surface area contributed by atoms with Gasteiger partial charge in [0.1, 0.15) is 11.9 Å². The fraction of sp³-hybridized carbons (Fsp3) is 0.357. The summed E-state index contributed by atoms with van der Waals surface area (Å²) in [5.41, 5.74) is 1.05. The molecule has 1 saturated heterocycles. The van der Waals surface area contributed by atoms with Crippen molar-refractivity contribution in [3.05, 3.63) is 35.9 Å². The molecule has 6 heteroatoms. The zero-order valence-corrected chi connectivity index (χ0v) is 12.3. The van der Waals surface area contributed by atoms with E-state index in [9.17, 15) is 9.59 Å². The van der Waals surface area contributed by atoms with Crippen LogP contribution in [0.4, 0.5) is 4.79 Å². The molecular weight excluding hydrogens is 274 g/mol. The van der Waals surface area contributed by atoms with Gasteiger partial charge in [-0.05, 0) is 5.56 Å². The van der Waals surface area contributed by atoms with Gasteiger partial charge in [-0.3, -0.25) is 14.6 Å². The van der Waals surface area contributed by atoms with Gasteiger partial charge >= 0.3 is 0 Å². The molecule has 1 aromatic rings. The lowest BCUT2D eigenvalue weighted by molar-refractivity contribution is -0.129. The zero-order valence-electron chi connectivity index (χ0n) is 11.5. The Kier molecular flexibility index (Phi) is 4.79. The van der Waals surface area contributed by atoms with E-state index in [1.54, 1.807) is 14.1 Å². The van der Waals surface area contributed by atoms with Crippen LogP contribution in [0.25, 0.3) is 0 Å². The van der Waals surface area contributed by atoms with E-state index in [0.29, 0.717) is 18.0 Å². The fourth-order valence-corrected chi connectivity index (χ4v) is 2.51. The van der Waals surface area contributed by atoms with Gasteiger partial charge in [0.2, 0.25) is 5.91 Å². The molecule has 0 bridgehead atoms. The first-order valence-corrected chi connectivity index (χ1v) is 7.30. The van der Waals surface area contributed by atoms with Crippen molar-refractivity contribution in [3.63, 3.8) is 0 Å². The molecule has 2 rings (SSSR count). The second-order valence-corrected chi connectivity index (χ2v) is 5.66. The molecule has 5 nitrogen and oxygen atoms in total. The molecule has 0 radical (unpaired) electrons. The van der Waals surface area contributed by atoms with Gasteiger partial charge in [-0.1, -0.05) is 42.1 Å². The van der Waals surface area contributed by atoms with Crippen LogP contribution >= 0.6 is 11.8 Å². The lowest BCUT2D eigenvalue weighted by Crippen LogP contribution is -2.36. The van der Waals surface area contributed by atoms with Crippen LogP contribution < -0.4 is 5.32 Å². The molecular formula is C14H17N3O2S. The number of nitrogens with one attached hydrogen (secondary N) is 1. The number of hydrogen-bond donors (Lipinski definition) is 1. The van der Waals surface area contributed by atoms with Crippen LogP contribution in [0.2, 0.25) is 0 Å². The Bertz CT molecular complexity index is 528. The maximum atomic E-state index is 12.2. The van der Waals surface area contributed by atoms with Gasteiger partial charge in [-0.2, -0.15) is 0 Å². The monoisotopic (exact) mass is 291 g/mol. The van der Waals surface area contributed by atoms with Crippen LogP contribution in [0.1, 0.15) is 5.56 Å². The number of thioether (sulfide) groups is 1. The number of aliphatic imine (C=N–C) groups is 1. The number of carbonyl (C=O) groups is 2. The minimum absolute atomic E-state index is 0.0625. The Morgan fingerprint density at radius 2 is 2.10 bits per heavy atom. The highest BCUT2D eigenvalue weighted by atomic mass is 32.2. The number of amides is 2. The van der Waals surface area contributed by atoms with Crippen molar-refractivity contribution >= 4 is 28.7 Å². The number of likely N-dealkylation sites (N-methyl/N-ethyl adjacent to an activating group) is 1. The Balaban J connectivity index is 2.17. The first-order valence-electron chi connectivity index (χ1n) is 6.32. The third kappa shape index (κ3) is 3.84. The molecule has 0 spiro atoms.